The molecule has 2 aliphatic heterocycles. The van der Waals surface area contributed by atoms with Crippen molar-refractivity contribution in [3.63, 3.8) is 0 Å². The minimum atomic E-state index is -0.634. The highest BCUT2D eigenvalue weighted by Gasteiger charge is 2.65. The molecule has 2 saturated carbocycles. The van der Waals surface area contributed by atoms with Gasteiger partial charge in [-0.05, 0) is 65.2 Å². The van der Waals surface area contributed by atoms with Gasteiger partial charge in [-0.3, -0.25) is 9.59 Å². The highest BCUT2D eigenvalue weighted by Crippen LogP contribution is 2.61. The zero-order valence-electron chi connectivity index (χ0n) is 19.6. The van der Waals surface area contributed by atoms with E-state index in [0.717, 1.165) is 32.1 Å². The number of hydrogen-bond donors (Lipinski definition) is 0. The molecule has 0 unspecified atom stereocenters. The molecule has 8 atom stereocenters. The number of epoxide rings is 2. The summed E-state index contributed by atoms with van der Waals surface area (Å²) in [4.78, 5) is 24.0. The van der Waals surface area contributed by atoms with Gasteiger partial charge in [0.15, 0.2) is 0 Å². The summed E-state index contributed by atoms with van der Waals surface area (Å²) >= 11 is 0. The Morgan fingerprint density at radius 3 is 2.20 bits per heavy atom. The molecule has 0 aromatic heterocycles. The van der Waals surface area contributed by atoms with Crippen LogP contribution in [-0.4, -0.2) is 47.1 Å². The van der Waals surface area contributed by atoms with Gasteiger partial charge in [0.05, 0.1) is 23.4 Å². The van der Waals surface area contributed by atoms with E-state index in [2.05, 4.69) is 20.8 Å². The Balaban J connectivity index is 1.72. The Morgan fingerprint density at radius 2 is 1.57 bits per heavy atom. The minimum absolute atomic E-state index is 0.0598. The van der Waals surface area contributed by atoms with Crippen molar-refractivity contribution in [1.82, 2.24) is 0 Å². The Kier molecular flexibility index (Phi) is 5.10. The van der Waals surface area contributed by atoms with Gasteiger partial charge in [-0.2, -0.15) is 0 Å². The summed E-state index contributed by atoms with van der Waals surface area (Å²) in [5.41, 5.74) is -1.04. The summed E-state index contributed by atoms with van der Waals surface area (Å²) < 4.78 is 24.1. The topological polar surface area (TPSA) is 77.7 Å². The molecule has 0 spiro atoms. The lowest BCUT2D eigenvalue weighted by Gasteiger charge is -2.44. The molecule has 0 amide bonds. The SMILES string of the molecule is CC(=O)O[C@@H]1C[C@]2(C)O[C@H]2CC[C@]2(C)O[C@H]2C[C@@]2(C)CC[C@@H](C(C)(C)OC(C)=O)[C@H]12. The summed E-state index contributed by atoms with van der Waals surface area (Å²) in [6, 6.07) is 0. The lowest BCUT2D eigenvalue weighted by Crippen LogP contribution is -2.48. The normalized spacial score (nSPS) is 47.8. The molecule has 30 heavy (non-hydrogen) atoms. The summed E-state index contributed by atoms with van der Waals surface area (Å²) in [6.45, 7) is 13.6. The van der Waals surface area contributed by atoms with E-state index in [1.54, 1.807) is 0 Å². The fraction of sp³-hybridized carbons (Fsp3) is 0.917. The summed E-state index contributed by atoms with van der Waals surface area (Å²) in [6.07, 6.45) is 5.68. The first-order valence-electron chi connectivity index (χ1n) is 11.5. The molecule has 2 saturated heterocycles. The quantitative estimate of drug-likeness (QED) is 0.501. The number of rotatable bonds is 3. The molecule has 0 aromatic rings. The Bertz CT molecular complexity index is 733. The zero-order valence-corrected chi connectivity index (χ0v) is 19.6. The third kappa shape index (κ3) is 3.90. The third-order valence-corrected chi connectivity index (χ3v) is 8.51. The van der Waals surface area contributed by atoms with E-state index in [9.17, 15) is 9.59 Å². The Labute approximate surface area is 180 Å². The van der Waals surface area contributed by atoms with Crippen molar-refractivity contribution in [2.45, 2.75) is 122 Å². The van der Waals surface area contributed by atoms with Crippen LogP contribution in [0, 0.1) is 17.3 Å². The van der Waals surface area contributed by atoms with E-state index in [4.69, 9.17) is 18.9 Å². The highest BCUT2D eigenvalue weighted by atomic mass is 16.6. The Morgan fingerprint density at radius 1 is 0.900 bits per heavy atom. The van der Waals surface area contributed by atoms with E-state index >= 15 is 0 Å². The van der Waals surface area contributed by atoms with E-state index in [1.807, 2.05) is 13.8 Å². The highest BCUT2D eigenvalue weighted by molar-refractivity contribution is 5.67. The number of carbonyl (C=O) groups excluding carboxylic acids is 2. The molecule has 4 fully saturated rings. The molecule has 2 aliphatic carbocycles. The second-order valence-electron chi connectivity index (χ2n) is 11.5. The van der Waals surface area contributed by atoms with Gasteiger partial charge >= 0.3 is 11.9 Å². The summed E-state index contributed by atoms with van der Waals surface area (Å²) in [7, 11) is 0. The smallest absolute Gasteiger partial charge is 0.303 e. The van der Waals surface area contributed by atoms with E-state index in [0.29, 0.717) is 6.42 Å². The van der Waals surface area contributed by atoms with Crippen molar-refractivity contribution in [3.8, 4) is 0 Å². The summed E-state index contributed by atoms with van der Waals surface area (Å²) in [5, 5.41) is 0. The fourth-order valence-corrected chi connectivity index (χ4v) is 6.79. The molecule has 6 heteroatoms. The van der Waals surface area contributed by atoms with Gasteiger partial charge in [0.2, 0.25) is 0 Å². The molecule has 0 aromatic carbocycles. The van der Waals surface area contributed by atoms with Gasteiger partial charge in [0, 0.05) is 32.1 Å². The van der Waals surface area contributed by atoms with Crippen molar-refractivity contribution in [3.05, 3.63) is 0 Å². The van der Waals surface area contributed by atoms with Crippen LogP contribution >= 0.6 is 0 Å². The molecule has 170 valence electrons. The average molecular weight is 423 g/mol. The van der Waals surface area contributed by atoms with Crippen LogP contribution in [0.2, 0.25) is 0 Å². The number of ether oxygens (including phenoxy) is 4. The molecular formula is C24H38O6. The largest absolute Gasteiger partial charge is 0.462 e. The molecule has 0 bridgehead atoms. The van der Waals surface area contributed by atoms with Crippen LogP contribution in [-0.2, 0) is 28.5 Å². The van der Waals surface area contributed by atoms with Crippen LogP contribution in [0.3, 0.4) is 0 Å². The molecule has 2 heterocycles. The van der Waals surface area contributed by atoms with Crippen LogP contribution in [0.15, 0.2) is 0 Å². The van der Waals surface area contributed by atoms with Crippen LogP contribution in [0.4, 0.5) is 0 Å². The first kappa shape index (κ1) is 22.1. The number of carbonyl (C=O) groups is 2. The van der Waals surface area contributed by atoms with Crippen LogP contribution in [0.5, 0.6) is 0 Å². The van der Waals surface area contributed by atoms with Gasteiger partial charge in [-0.15, -0.1) is 0 Å². The van der Waals surface area contributed by atoms with Crippen molar-refractivity contribution >= 4 is 11.9 Å². The molecule has 0 N–H and O–H groups in total. The maximum Gasteiger partial charge on any atom is 0.303 e. The van der Waals surface area contributed by atoms with Crippen LogP contribution < -0.4 is 0 Å². The maximum atomic E-state index is 12.1. The molecular weight excluding hydrogens is 384 g/mol. The molecule has 4 aliphatic rings. The van der Waals surface area contributed by atoms with Gasteiger partial charge in [-0.25, -0.2) is 0 Å². The number of esters is 2. The molecule has 4 rings (SSSR count). The van der Waals surface area contributed by atoms with Gasteiger partial charge in [0.1, 0.15) is 11.7 Å². The van der Waals surface area contributed by atoms with Gasteiger partial charge < -0.3 is 18.9 Å². The first-order chi connectivity index (χ1) is 13.8. The van der Waals surface area contributed by atoms with Crippen molar-refractivity contribution in [2.75, 3.05) is 0 Å². The van der Waals surface area contributed by atoms with Gasteiger partial charge in [0.25, 0.3) is 0 Å². The zero-order chi connectivity index (χ0) is 22.1. The fourth-order valence-electron chi connectivity index (χ4n) is 6.79. The van der Waals surface area contributed by atoms with E-state index < -0.39 is 5.60 Å². The van der Waals surface area contributed by atoms with Crippen molar-refractivity contribution < 1.29 is 28.5 Å². The Hall–Kier alpha value is -1.14. The van der Waals surface area contributed by atoms with Crippen LogP contribution in [0.1, 0.15) is 87.0 Å². The van der Waals surface area contributed by atoms with E-state index in [1.165, 1.54) is 13.8 Å². The second kappa shape index (κ2) is 6.93. The standard InChI is InChI=1S/C24H38O6/c1-14(25)27-17-12-24(7)18(29-24)9-11-23(6)19(30-23)13-22(5)10-8-16(20(17)22)21(3,4)28-15(2)26/h16-20H,8-13H2,1-7H3/t16-,17-,18+,19+,20-,22-,23+,24+/m1/s1. The molecule has 6 nitrogen and oxygen atoms in total. The average Bonchev–Trinajstić information content (AvgIpc) is 3.35. The predicted molar refractivity (Wildman–Crippen MR) is 111 cm³/mol. The lowest BCUT2D eigenvalue weighted by atomic mass is 9.66. The van der Waals surface area contributed by atoms with Crippen molar-refractivity contribution in [2.24, 2.45) is 17.3 Å². The van der Waals surface area contributed by atoms with Crippen molar-refractivity contribution in [1.29, 1.82) is 0 Å². The lowest BCUT2D eigenvalue weighted by molar-refractivity contribution is -0.171. The monoisotopic (exact) mass is 422 g/mol. The second-order valence-corrected chi connectivity index (χ2v) is 11.5. The number of fused-ring (bicyclic) bond motifs is 3. The van der Waals surface area contributed by atoms with Gasteiger partial charge in [-0.1, -0.05) is 6.92 Å². The predicted octanol–water partition coefficient (Wildman–Crippen LogP) is 4.18. The number of hydrogen-bond acceptors (Lipinski definition) is 6. The minimum Gasteiger partial charge on any atom is -0.462 e. The first-order valence-corrected chi connectivity index (χ1v) is 11.5. The molecule has 0 radical (unpaired) electrons. The summed E-state index contributed by atoms with van der Waals surface area (Å²) in [5.74, 6) is -0.363. The maximum absolute atomic E-state index is 12.1. The van der Waals surface area contributed by atoms with E-state index in [-0.39, 0.29) is 58.7 Å². The third-order valence-electron chi connectivity index (χ3n) is 8.51. The van der Waals surface area contributed by atoms with Crippen LogP contribution in [0.25, 0.3) is 0 Å².